The van der Waals surface area contributed by atoms with Gasteiger partial charge in [-0.05, 0) is 36.8 Å². The SMILES string of the molecule is CCc1ccccc1NC(=O)CN1CCN(C(=O)CN2C(=O)N[C@]3(CCCC[C@H]3C)C2=O)CC1. The molecule has 9 heteroatoms. The fraction of sp³-hybridized carbons (Fsp3) is 0.600. The van der Waals surface area contributed by atoms with Crippen LogP contribution in [0.3, 0.4) is 0 Å². The Hall–Kier alpha value is -2.94. The fourth-order valence-corrected chi connectivity index (χ4v) is 5.37. The van der Waals surface area contributed by atoms with Gasteiger partial charge < -0.3 is 15.5 Å². The van der Waals surface area contributed by atoms with Crippen molar-refractivity contribution in [1.82, 2.24) is 20.0 Å². The van der Waals surface area contributed by atoms with E-state index < -0.39 is 11.6 Å². The Morgan fingerprint density at radius 2 is 1.82 bits per heavy atom. The second-order valence-electron chi connectivity index (χ2n) is 9.66. The normalized spacial score (nSPS) is 25.5. The molecule has 9 nitrogen and oxygen atoms in total. The molecule has 1 saturated carbocycles. The van der Waals surface area contributed by atoms with E-state index in [9.17, 15) is 19.2 Å². The molecule has 3 aliphatic rings. The number of amides is 5. The number of carbonyl (C=O) groups excluding carboxylic acids is 4. The lowest BCUT2D eigenvalue weighted by Gasteiger charge is -2.37. The Morgan fingerprint density at radius 3 is 2.53 bits per heavy atom. The van der Waals surface area contributed by atoms with Gasteiger partial charge in [0.15, 0.2) is 0 Å². The predicted molar refractivity (Wildman–Crippen MR) is 128 cm³/mol. The minimum absolute atomic E-state index is 0.0665. The molecule has 34 heavy (non-hydrogen) atoms. The number of piperazine rings is 1. The van der Waals surface area contributed by atoms with Crippen LogP contribution in [0.25, 0.3) is 0 Å². The molecule has 0 aromatic heterocycles. The van der Waals surface area contributed by atoms with Gasteiger partial charge in [-0.2, -0.15) is 0 Å². The molecule has 2 heterocycles. The topological polar surface area (TPSA) is 102 Å². The molecule has 1 aromatic rings. The van der Waals surface area contributed by atoms with E-state index in [2.05, 4.69) is 17.6 Å². The molecule has 2 N–H and O–H groups in total. The molecular weight excluding hydrogens is 434 g/mol. The lowest BCUT2D eigenvalue weighted by molar-refractivity contribution is -0.141. The maximum Gasteiger partial charge on any atom is 0.325 e. The van der Waals surface area contributed by atoms with Gasteiger partial charge in [-0.3, -0.25) is 24.2 Å². The summed E-state index contributed by atoms with van der Waals surface area (Å²) in [6.07, 6.45) is 4.32. The van der Waals surface area contributed by atoms with Crippen LogP contribution in [0.5, 0.6) is 0 Å². The third-order valence-electron chi connectivity index (χ3n) is 7.56. The summed E-state index contributed by atoms with van der Waals surface area (Å²) in [7, 11) is 0. The van der Waals surface area contributed by atoms with E-state index in [1.807, 2.05) is 36.1 Å². The predicted octanol–water partition coefficient (Wildman–Crippen LogP) is 1.83. The number of hydrogen-bond acceptors (Lipinski definition) is 5. The number of hydrogen-bond donors (Lipinski definition) is 2. The quantitative estimate of drug-likeness (QED) is 0.619. The summed E-state index contributed by atoms with van der Waals surface area (Å²) in [6.45, 7) is 6.13. The highest BCUT2D eigenvalue weighted by Crippen LogP contribution is 2.38. The number of carbonyl (C=O) groups is 4. The minimum atomic E-state index is -0.849. The van der Waals surface area contributed by atoms with Crippen LogP contribution in [0, 0.1) is 5.92 Å². The Balaban J connectivity index is 1.26. The maximum atomic E-state index is 13.1. The van der Waals surface area contributed by atoms with Crippen molar-refractivity contribution in [3.8, 4) is 0 Å². The summed E-state index contributed by atoms with van der Waals surface area (Å²) in [5.41, 5.74) is 1.08. The summed E-state index contributed by atoms with van der Waals surface area (Å²) in [5.74, 6) is -0.505. The van der Waals surface area contributed by atoms with Gasteiger partial charge in [0.25, 0.3) is 5.91 Å². The number of nitrogens with one attached hydrogen (secondary N) is 2. The van der Waals surface area contributed by atoms with Crippen LogP contribution in [0.4, 0.5) is 10.5 Å². The number of rotatable bonds is 6. The van der Waals surface area contributed by atoms with Crippen molar-refractivity contribution >= 4 is 29.4 Å². The van der Waals surface area contributed by atoms with Crippen molar-refractivity contribution in [2.75, 3.05) is 44.6 Å². The molecule has 5 amide bonds. The maximum absolute atomic E-state index is 13.1. The average Bonchev–Trinajstić information content (AvgIpc) is 3.06. The van der Waals surface area contributed by atoms with Crippen molar-refractivity contribution in [2.45, 2.75) is 51.5 Å². The Kier molecular flexibility index (Phi) is 7.21. The summed E-state index contributed by atoms with van der Waals surface area (Å²) >= 11 is 0. The van der Waals surface area contributed by atoms with E-state index in [1.54, 1.807) is 4.90 Å². The van der Waals surface area contributed by atoms with E-state index in [1.165, 1.54) is 0 Å². The second-order valence-corrected chi connectivity index (χ2v) is 9.66. The molecular formula is C25H35N5O4. The Bertz CT molecular complexity index is 958. The zero-order chi connectivity index (χ0) is 24.3. The number of urea groups is 1. The molecule has 1 aliphatic carbocycles. The third-order valence-corrected chi connectivity index (χ3v) is 7.56. The fourth-order valence-electron chi connectivity index (χ4n) is 5.37. The molecule has 1 aromatic carbocycles. The van der Waals surface area contributed by atoms with Gasteiger partial charge in [-0.25, -0.2) is 4.79 Å². The molecule has 0 radical (unpaired) electrons. The summed E-state index contributed by atoms with van der Waals surface area (Å²) in [5, 5.41) is 5.88. The number of benzene rings is 1. The first-order valence-electron chi connectivity index (χ1n) is 12.4. The molecule has 0 unspecified atom stereocenters. The standard InChI is InChI=1S/C25H35N5O4/c1-3-19-9-4-5-10-20(19)26-21(31)16-28-12-14-29(15-13-28)22(32)17-30-23(33)25(27-24(30)34)11-7-6-8-18(25)2/h4-5,9-10,18H,3,6-8,11-17H2,1-2H3,(H,26,31)(H,27,34)/t18-,25+/m1/s1. The third kappa shape index (κ3) is 4.80. The zero-order valence-corrected chi connectivity index (χ0v) is 20.1. The van der Waals surface area contributed by atoms with Crippen molar-refractivity contribution in [3.63, 3.8) is 0 Å². The second kappa shape index (κ2) is 10.1. The first-order valence-corrected chi connectivity index (χ1v) is 12.4. The molecule has 2 saturated heterocycles. The number of nitrogens with zero attached hydrogens (tertiary/aromatic N) is 3. The Labute approximate surface area is 200 Å². The lowest BCUT2D eigenvalue weighted by atomic mass is 9.73. The lowest BCUT2D eigenvalue weighted by Crippen LogP contribution is -2.55. The zero-order valence-electron chi connectivity index (χ0n) is 20.1. The number of aryl methyl sites for hydroxylation is 1. The highest BCUT2D eigenvalue weighted by atomic mass is 16.2. The monoisotopic (exact) mass is 469 g/mol. The van der Waals surface area contributed by atoms with Crippen LogP contribution in [0.1, 0.15) is 45.1 Å². The molecule has 1 spiro atoms. The molecule has 2 atom stereocenters. The van der Waals surface area contributed by atoms with Crippen LogP contribution in [-0.2, 0) is 20.8 Å². The minimum Gasteiger partial charge on any atom is -0.339 e. The van der Waals surface area contributed by atoms with Crippen molar-refractivity contribution in [1.29, 1.82) is 0 Å². The van der Waals surface area contributed by atoms with Gasteiger partial charge in [-0.1, -0.05) is 44.9 Å². The van der Waals surface area contributed by atoms with Crippen molar-refractivity contribution in [3.05, 3.63) is 29.8 Å². The van der Waals surface area contributed by atoms with Gasteiger partial charge in [0, 0.05) is 31.9 Å². The molecule has 184 valence electrons. The number of para-hydroxylation sites is 1. The molecule has 0 bridgehead atoms. The van der Waals surface area contributed by atoms with E-state index in [4.69, 9.17) is 0 Å². The summed E-state index contributed by atoms with van der Waals surface area (Å²) < 4.78 is 0. The van der Waals surface area contributed by atoms with Crippen LogP contribution >= 0.6 is 0 Å². The van der Waals surface area contributed by atoms with Crippen LogP contribution in [-0.4, -0.2) is 83.3 Å². The number of anilines is 1. The van der Waals surface area contributed by atoms with E-state index >= 15 is 0 Å². The summed E-state index contributed by atoms with van der Waals surface area (Å²) in [4.78, 5) is 55.9. The highest BCUT2D eigenvalue weighted by Gasteiger charge is 2.55. The van der Waals surface area contributed by atoms with Crippen LogP contribution in [0.15, 0.2) is 24.3 Å². The highest BCUT2D eigenvalue weighted by molar-refractivity contribution is 6.09. The molecule has 4 rings (SSSR count). The first kappa shape index (κ1) is 24.2. The number of imide groups is 1. The first-order chi connectivity index (χ1) is 16.3. The van der Waals surface area contributed by atoms with Gasteiger partial charge >= 0.3 is 6.03 Å². The Morgan fingerprint density at radius 1 is 1.09 bits per heavy atom. The van der Waals surface area contributed by atoms with Gasteiger partial charge in [0.2, 0.25) is 11.8 Å². The van der Waals surface area contributed by atoms with E-state index in [0.29, 0.717) is 32.6 Å². The van der Waals surface area contributed by atoms with Crippen molar-refractivity contribution in [2.24, 2.45) is 5.92 Å². The van der Waals surface area contributed by atoms with Gasteiger partial charge in [0.1, 0.15) is 12.1 Å². The summed E-state index contributed by atoms with van der Waals surface area (Å²) in [6, 6.07) is 7.31. The van der Waals surface area contributed by atoms with Gasteiger partial charge in [-0.15, -0.1) is 0 Å². The van der Waals surface area contributed by atoms with E-state index in [0.717, 1.165) is 41.8 Å². The molecule has 3 fully saturated rings. The van der Waals surface area contributed by atoms with Gasteiger partial charge in [0.05, 0.1) is 6.54 Å². The smallest absolute Gasteiger partial charge is 0.325 e. The van der Waals surface area contributed by atoms with Crippen molar-refractivity contribution < 1.29 is 19.2 Å². The van der Waals surface area contributed by atoms with Crippen LogP contribution < -0.4 is 10.6 Å². The van der Waals surface area contributed by atoms with E-state index in [-0.39, 0.29) is 36.7 Å². The average molecular weight is 470 g/mol. The largest absolute Gasteiger partial charge is 0.339 e. The van der Waals surface area contributed by atoms with Crippen LogP contribution in [0.2, 0.25) is 0 Å². The molecule has 2 aliphatic heterocycles.